The quantitative estimate of drug-likeness (QED) is 0.902. The van der Waals surface area contributed by atoms with Crippen LogP contribution in [-0.2, 0) is 11.3 Å². The SMILES string of the molecule is CC(=O)Nc1ccc(CN2CCC(N)C(C)(C)C2)cc1.Cl. The minimum atomic E-state index is -0.0375. The van der Waals surface area contributed by atoms with E-state index < -0.39 is 0 Å². The Kier molecular flexibility index (Phi) is 6.20. The lowest BCUT2D eigenvalue weighted by molar-refractivity contribution is -0.114. The fourth-order valence-corrected chi connectivity index (χ4v) is 2.77. The van der Waals surface area contributed by atoms with Gasteiger partial charge in [-0.3, -0.25) is 9.69 Å². The molecule has 0 bridgehead atoms. The second-order valence-electron chi connectivity index (χ2n) is 6.47. The molecule has 1 saturated heterocycles. The van der Waals surface area contributed by atoms with Crippen molar-refractivity contribution < 1.29 is 4.79 Å². The fraction of sp³-hybridized carbons (Fsp3) is 0.562. The lowest BCUT2D eigenvalue weighted by Gasteiger charge is -2.42. The lowest BCUT2D eigenvalue weighted by Crippen LogP contribution is -2.52. The molecule has 1 heterocycles. The summed E-state index contributed by atoms with van der Waals surface area (Å²) in [6.07, 6.45) is 1.05. The van der Waals surface area contributed by atoms with E-state index in [0.29, 0.717) is 6.04 Å². The first-order chi connectivity index (χ1) is 9.37. The highest BCUT2D eigenvalue weighted by Gasteiger charge is 2.33. The Morgan fingerprint density at radius 2 is 2.00 bits per heavy atom. The maximum atomic E-state index is 11.0. The molecule has 4 nitrogen and oxygen atoms in total. The first kappa shape index (κ1) is 18.0. The molecule has 0 aliphatic carbocycles. The number of hydrogen-bond acceptors (Lipinski definition) is 3. The molecule has 1 aliphatic rings. The van der Waals surface area contributed by atoms with Gasteiger partial charge in [-0.1, -0.05) is 26.0 Å². The van der Waals surface area contributed by atoms with Crippen LogP contribution in [-0.4, -0.2) is 29.9 Å². The van der Waals surface area contributed by atoms with Gasteiger partial charge in [0.1, 0.15) is 0 Å². The second-order valence-corrected chi connectivity index (χ2v) is 6.47. The molecule has 3 N–H and O–H groups in total. The number of halogens is 1. The van der Waals surface area contributed by atoms with Crippen LogP contribution < -0.4 is 11.1 Å². The summed E-state index contributed by atoms with van der Waals surface area (Å²) in [6, 6.07) is 8.36. The number of rotatable bonds is 3. The maximum Gasteiger partial charge on any atom is 0.221 e. The van der Waals surface area contributed by atoms with Crippen LogP contribution in [0.1, 0.15) is 32.8 Å². The number of benzene rings is 1. The molecule has 1 unspecified atom stereocenters. The average molecular weight is 312 g/mol. The van der Waals surface area contributed by atoms with Gasteiger partial charge < -0.3 is 11.1 Å². The van der Waals surface area contributed by atoms with Crippen molar-refractivity contribution in [1.29, 1.82) is 0 Å². The Bertz CT molecular complexity index is 473. The summed E-state index contributed by atoms with van der Waals surface area (Å²) in [5.41, 5.74) is 8.46. The molecule has 0 aromatic heterocycles. The van der Waals surface area contributed by atoms with Gasteiger partial charge in [0.2, 0.25) is 5.91 Å². The minimum Gasteiger partial charge on any atom is -0.327 e. The molecule has 2 rings (SSSR count). The summed E-state index contributed by atoms with van der Waals surface area (Å²) in [5.74, 6) is -0.0375. The second kappa shape index (κ2) is 7.25. The number of amides is 1. The normalized spacial score (nSPS) is 21.4. The molecule has 5 heteroatoms. The number of carbonyl (C=O) groups excluding carboxylic acids is 1. The summed E-state index contributed by atoms with van der Waals surface area (Å²) >= 11 is 0. The minimum absolute atomic E-state index is 0. The van der Waals surface area contributed by atoms with Crippen molar-refractivity contribution in [2.24, 2.45) is 11.1 Å². The zero-order valence-corrected chi connectivity index (χ0v) is 13.9. The van der Waals surface area contributed by atoms with Gasteiger partial charge in [-0.15, -0.1) is 12.4 Å². The summed E-state index contributed by atoms with van der Waals surface area (Å²) in [7, 11) is 0. The predicted molar refractivity (Wildman–Crippen MR) is 89.6 cm³/mol. The van der Waals surface area contributed by atoms with Crippen LogP contribution in [0, 0.1) is 5.41 Å². The van der Waals surface area contributed by atoms with Gasteiger partial charge in [-0.2, -0.15) is 0 Å². The van der Waals surface area contributed by atoms with Crippen molar-refractivity contribution >= 4 is 24.0 Å². The van der Waals surface area contributed by atoms with E-state index in [-0.39, 0.29) is 23.7 Å². The van der Waals surface area contributed by atoms with Gasteiger partial charge in [0, 0.05) is 38.3 Å². The van der Waals surface area contributed by atoms with Gasteiger partial charge >= 0.3 is 0 Å². The Morgan fingerprint density at radius 1 is 1.38 bits per heavy atom. The largest absolute Gasteiger partial charge is 0.327 e. The van der Waals surface area contributed by atoms with Crippen molar-refractivity contribution in [1.82, 2.24) is 4.90 Å². The molecule has 1 aliphatic heterocycles. The highest BCUT2D eigenvalue weighted by atomic mass is 35.5. The third kappa shape index (κ3) is 4.99. The highest BCUT2D eigenvalue weighted by molar-refractivity contribution is 5.88. The summed E-state index contributed by atoms with van der Waals surface area (Å²) < 4.78 is 0. The molecule has 1 amide bonds. The molecular weight excluding hydrogens is 286 g/mol. The number of nitrogens with zero attached hydrogens (tertiary/aromatic N) is 1. The highest BCUT2D eigenvalue weighted by Crippen LogP contribution is 2.28. The van der Waals surface area contributed by atoms with E-state index in [4.69, 9.17) is 5.73 Å². The lowest BCUT2D eigenvalue weighted by atomic mass is 9.79. The Morgan fingerprint density at radius 3 is 2.52 bits per heavy atom. The number of piperidine rings is 1. The molecule has 1 atom stereocenters. The van der Waals surface area contributed by atoms with E-state index in [9.17, 15) is 4.79 Å². The van der Waals surface area contributed by atoms with Crippen molar-refractivity contribution in [3.05, 3.63) is 29.8 Å². The van der Waals surface area contributed by atoms with Crippen LogP contribution in [0.4, 0.5) is 5.69 Å². The topological polar surface area (TPSA) is 58.4 Å². The molecule has 1 aromatic carbocycles. The first-order valence-corrected chi connectivity index (χ1v) is 7.21. The number of nitrogens with two attached hydrogens (primary N) is 1. The van der Waals surface area contributed by atoms with Gasteiger partial charge in [-0.25, -0.2) is 0 Å². The molecule has 0 spiro atoms. The van der Waals surface area contributed by atoms with E-state index in [1.807, 2.05) is 12.1 Å². The van der Waals surface area contributed by atoms with Crippen LogP contribution in [0.3, 0.4) is 0 Å². The molecular formula is C16H26ClN3O. The predicted octanol–water partition coefficient (Wildman–Crippen LogP) is 2.63. The first-order valence-electron chi connectivity index (χ1n) is 7.21. The van der Waals surface area contributed by atoms with Crippen LogP contribution in [0.5, 0.6) is 0 Å². The molecule has 1 fully saturated rings. The van der Waals surface area contributed by atoms with Crippen molar-refractivity contribution in [2.75, 3.05) is 18.4 Å². The number of carbonyl (C=O) groups is 1. The summed E-state index contributed by atoms with van der Waals surface area (Å²) in [4.78, 5) is 13.4. The monoisotopic (exact) mass is 311 g/mol. The molecule has 1 aromatic rings. The van der Waals surface area contributed by atoms with Crippen LogP contribution >= 0.6 is 12.4 Å². The third-order valence-corrected chi connectivity index (χ3v) is 4.07. The molecule has 0 saturated carbocycles. The van der Waals surface area contributed by atoms with Gasteiger partial charge in [0.15, 0.2) is 0 Å². The van der Waals surface area contributed by atoms with E-state index in [1.165, 1.54) is 12.5 Å². The van der Waals surface area contributed by atoms with Crippen LogP contribution in [0.2, 0.25) is 0 Å². The molecule has 21 heavy (non-hydrogen) atoms. The van der Waals surface area contributed by atoms with Gasteiger partial charge in [0.25, 0.3) is 0 Å². The van der Waals surface area contributed by atoms with Crippen molar-refractivity contribution in [3.63, 3.8) is 0 Å². The zero-order valence-electron chi connectivity index (χ0n) is 13.1. The van der Waals surface area contributed by atoms with E-state index in [0.717, 1.165) is 31.7 Å². The molecule has 118 valence electrons. The Labute approximate surface area is 133 Å². The van der Waals surface area contributed by atoms with Crippen LogP contribution in [0.15, 0.2) is 24.3 Å². The number of hydrogen-bond donors (Lipinski definition) is 2. The summed E-state index contributed by atoms with van der Waals surface area (Å²) in [6.45, 7) is 9.02. The summed E-state index contributed by atoms with van der Waals surface area (Å²) in [5, 5.41) is 2.79. The average Bonchev–Trinajstić information content (AvgIpc) is 2.35. The smallest absolute Gasteiger partial charge is 0.221 e. The fourth-order valence-electron chi connectivity index (χ4n) is 2.77. The number of anilines is 1. The van der Waals surface area contributed by atoms with E-state index >= 15 is 0 Å². The number of likely N-dealkylation sites (tertiary alicyclic amines) is 1. The number of nitrogens with one attached hydrogen (secondary N) is 1. The molecule has 0 radical (unpaired) electrons. The Hall–Kier alpha value is -1.10. The Balaban J connectivity index is 0.00000220. The third-order valence-electron chi connectivity index (χ3n) is 4.07. The van der Waals surface area contributed by atoms with E-state index in [1.54, 1.807) is 0 Å². The zero-order chi connectivity index (χ0) is 14.8. The van der Waals surface area contributed by atoms with E-state index in [2.05, 4.69) is 36.2 Å². The van der Waals surface area contributed by atoms with Crippen molar-refractivity contribution in [2.45, 2.75) is 39.8 Å². The standard InChI is InChI=1S/C16H25N3O.ClH/c1-12(20)18-14-6-4-13(5-7-14)10-19-9-8-15(17)16(2,3)11-19;/h4-7,15H,8-11,17H2,1-3H3,(H,18,20);1H. The maximum absolute atomic E-state index is 11.0. The van der Waals surface area contributed by atoms with Gasteiger partial charge in [-0.05, 0) is 29.5 Å². The van der Waals surface area contributed by atoms with Crippen LogP contribution in [0.25, 0.3) is 0 Å². The van der Waals surface area contributed by atoms with Crippen molar-refractivity contribution in [3.8, 4) is 0 Å². The van der Waals surface area contributed by atoms with Gasteiger partial charge in [0.05, 0.1) is 0 Å².